The first-order valence-electron chi connectivity index (χ1n) is 4.98. The molecule has 1 aromatic carbocycles. The summed E-state index contributed by atoms with van der Waals surface area (Å²) in [5.41, 5.74) is -0.591. The number of nitrogens with one attached hydrogen (secondary N) is 1. The summed E-state index contributed by atoms with van der Waals surface area (Å²) in [7, 11) is 1.88. The van der Waals surface area contributed by atoms with Gasteiger partial charge in [-0.05, 0) is 50.0 Å². The Balaban J connectivity index is 2.46. The second-order valence-electron chi connectivity index (χ2n) is 3.33. The highest BCUT2D eigenvalue weighted by Gasteiger charge is 2.29. The molecule has 0 aliphatic heterocycles. The fourth-order valence-electron chi connectivity index (χ4n) is 1.18. The SMILES string of the molecule is CNCCCSc1ccc(C(F)(F)F)cc1. The first kappa shape index (κ1) is 13.4. The summed E-state index contributed by atoms with van der Waals surface area (Å²) in [5, 5.41) is 3.02. The second kappa shape index (κ2) is 6.15. The van der Waals surface area contributed by atoms with Crippen molar-refractivity contribution in [3.63, 3.8) is 0 Å². The highest BCUT2D eigenvalue weighted by molar-refractivity contribution is 7.99. The van der Waals surface area contributed by atoms with Crippen LogP contribution in [-0.4, -0.2) is 19.3 Å². The first-order valence-corrected chi connectivity index (χ1v) is 5.97. The van der Waals surface area contributed by atoms with E-state index in [1.807, 2.05) is 7.05 Å². The van der Waals surface area contributed by atoms with Gasteiger partial charge in [-0.2, -0.15) is 13.2 Å². The third kappa shape index (κ3) is 4.45. The molecule has 0 saturated heterocycles. The van der Waals surface area contributed by atoms with Crippen molar-refractivity contribution in [1.29, 1.82) is 0 Å². The summed E-state index contributed by atoms with van der Waals surface area (Å²) < 4.78 is 36.8. The largest absolute Gasteiger partial charge is 0.416 e. The highest BCUT2D eigenvalue weighted by Crippen LogP contribution is 2.30. The lowest BCUT2D eigenvalue weighted by molar-refractivity contribution is -0.137. The molecule has 0 fully saturated rings. The molecule has 0 amide bonds. The average Bonchev–Trinajstić information content (AvgIpc) is 2.24. The van der Waals surface area contributed by atoms with Crippen molar-refractivity contribution in [3.8, 4) is 0 Å². The lowest BCUT2D eigenvalue weighted by Gasteiger charge is -2.07. The molecule has 1 aromatic rings. The maximum absolute atomic E-state index is 12.3. The highest BCUT2D eigenvalue weighted by atomic mass is 32.2. The third-order valence-electron chi connectivity index (χ3n) is 2.02. The second-order valence-corrected chi connectivity index (χ2v) is 4.50. The zero-order valence-corrected chi connectivity index (χ0v) is 9.79. The molecule has 0 unspecified atom stereocenters. The van der Waals surface area contributed by atoms with Crippen LogP contribution in [0.1, 0.15) is 12.0 Å². The molecule has 0 aromatic heterocycles. The minimum Gasteiger partial charge on any atom is -0.320 e. The lowest BCUT2D eigenvalue weighted by atomic mass is 10.2. The van der Waals surface area contributed by atoms with Crippen molar-refractivity contribution in [1.82, 2.24) is 5.32 Å². The van der Waals surface area contributed by atoms with Crippen LogP contribution in [0.2, 0.25) is 0 Å². The van der Waals surface area contributed by atoms with Gasteiger partial charge in [-0.1, -0.05) is 0 Å². The molecular formula is C11H14F3NS. The van der Waals surface area contributed by atoms with Crippen molar-refractivity contribution >= 4 is 11.8 Å². The van der Waals surface area contributed by atoms with Crippen molar-refractivity contribution in [2.45, 2.75) is 17.5 Å². The fraction of sp³-hybridized carbons (Fsp3) is 0.455. The number of rotatable bonds is 5. The standard InChI is InChI=1S/C11H14F3NS/c1-15-7-2-8-16-10-5-3-9(4-6-10)11(12,13)14/h3-6,15H,2,7-8H2,1H3. The van der Waals surface area contributed by atoms with Crippen LogP contribution in [0.4, 0.5) is 13.2 Å². The van der Waals surface area contributed by atoms with Crippen LogP contribution in [-0.2, 0) is 6.18 Å². The first-order chi connectivity index (χ1) is 7.54. The Morgan fingerprint density at radius 2 is 1.81 bits per heavy atom. The Bertz CT molecular complexity index is 308. The molecule has 1 N–H and O–H groups in total. The Labute approximate surface area is 97.4 Å². The van der Waals surface area contributed by atoms with Gasteiger partial charge in [-0.15, -0.1) is 11.8 Å². The van der Waals surface area contributed by atoms with Crippen molar-refractivity contribution in [2.24, 2.45) is 0 Å². The molecule has 0 radical (unpaired) electrons. The Hall–Kier alpha value is -0.680. The number of alkyl halides is 3. The maximum atomic E-state index is 12.3. The molecule has 0 heterocycles. The van der Waals surface area contributed by atoms with E-state index in [-0.39, 0.29) is 0 Å². The molecule has 0 aliphatic carbocycles. The monoisotopic (exact) mass is 249 g/mol. The fourth-order valence-corrected chi connectivity index (χ4v) is 2.03. The van der Waals surface area contributed by atoms with E-state index in [0.29, 0.717) is 0 Å². The zero-order valence-electron chi connectivity index (χ0n) is 8.97. The molecule has 90 valence electrons. The van der Waals surface area contributed by atoms with Gasteiger partial charge in [-0.25, -0.2) is 0 Å². The number of hydrogen-bond donors (Lipinski definition) is 1. The molecule has 5 heteroatoms. The van der Waals surface area contributed by atoms with Crippen LogP contribution >= 0.6 is 11.8 Å². The topological polar surface area (TPSA) is 12.0 Å². The van der Waals surface area contributed by atoms with Gasteiger partial charge in [0.05, 0.1) is 5.56 Å². The molecule has 0 bridgehead atoms. The Morgan fingerprint density at radius 3 is 2.31 bits per heavy atom. The summed E-state index contributed by atoms with van der Waals surface area (Å²) in [6, 6.07) is 5.29. The average molecular weight is 249 g/mol. The number of benzene rings is 1. The lowest BCUT2D eigenvalue weighted by Crippen LogP contribution is -2.08. The van der Waals surface area contributed by atoms with E-state index in [9.17, 15) is 13.2 Å². The molecule has 0 aliphatic rings. The molecule has 1 rings (SSSR count). The van der Waals surface area contributed by atoms with Gasteiger partial charge < -0.3 is 5.32 Å². The molecule has 0 spiro atoms. The Morgan fingerprint density at radius 1 is 1.19 bits per heavy atom. The van der Waals surface area contributed by atoms with Gasteiger partial charge in [0.15, 0.2) is 0 Å². The van der Waals surface area contributed by atoms with Crippen LogP contribution in [0, 0.1) is 0 Å². The summed E-state index contributed by atoms with van der Waals surface area (Å²) >= 11 is 1.57. The normalized spacial score (nSPS) is 11.8. The number of hydrogen-bond acceptors (Lipinski definition) is 2. The maximum Gasteiger partial charge on any atom is 0.416 e. The van der Waals surface area contributed by atoms with E-state index in [1.54, 1.807) is 11.8 Å². The smallest absolute Gasteiger partial charge is 0.320 e. The summed E-state index contributed by atoms with van der Waals surface area (Å²) in [6.07, 6.45) is -3.24. The summed E-state index contributed by atoms with van der Waals surface area (Å²) in [6.45, 7) is 0.924. The zero-order chi connectivity index (χ0) is 12.0. The number of halogens is 3. The number of thioether (sulfide) groups is 1. The van der Waals surface area contributed by atoms with Crippen molar-refractivity contribution in [2.75, 3.05) is 19.3 Å². The molecule has 0 atom stereocenters. The molecule has 1 nitrogen and oxygen atoms in total. The van der Waals surface area contributed by atoms with Gasteiger partial charge >= 0.3 is 6.18 Å². The van der Waals surface area contributed by atoms with Crippen LogP contribution in [0.5, 0.6) is 0 Å². The van der Waals surface area contributed by atoms with E-state index < -0.39 is 11.7 Å². The van der Waals surface area contributed by atoms with Gasteiger partial charge in [0.1, 0.15) is 0 Å². The van der Waals surface area contributed by atoms with E-state index in [1.165, 1.54) is 12.1 Å². The van der Waals surface area contributed by atoms with E-state index in [2.05, 4.69) is 5.32 Å². The van der Waals surface area contributed by atoms with Crippen LogP contribution < -0.4 is 5.32 Å². The van der Waals surface area contributed by atoms with Gasteiger partial charge in [-0.3, -0.25) is 0 Å². The molecular weight excluding hydrogens is 235 g/mol. The third-order valence-corrected chi connectivity index (χ3v) is 3.12. The summed E-state index contributed by atoms with van der Waals surface area (Å²) in [5.74, 6) is 0.909. The minimum absolute atomic E-state index is 0.591. The van der Waals surface area contributed by atoms with Gasteiger partial charge in [0.2, 0.25) is 0 Å². The van der Waals surface area contributed by atoms with E-state index in [4.69, 9.17) is 0 Å². The molecule has 0 saturated carbocycles. The predicted molar refractivity (Wildman–Crippen MR) is 60.7 cm³/mol. The summed E-state index contributed by atoms with van der Waals surface area (Å²) in [4.78, 5) is 0.879. The predicted octanol–water partition coefficient (Wildman–Crippen LogP) is 3.41. The van der Waals surface area contributed by atoms with E-state index >= 15 is 0 Å². The van der Waals surface area contributed by atoms with Gasteiger partial charge in [0.25, 0.3) is 0 Å². The van der Waals surface area contributed by atoms with Crippen LogP contribution in [0.15, 0.2) is 29.2 Å². The van der Waals surface area contributed by atoms with E-state index in [0.717, 1.165) is 35.7 Å². The minimum atomic E-state index is -4.24. The van der Waals surface area contributed by atoms with Crippen LogP contribution in [0.25, 0.3) is 0 Å². The van der Waals surface area contributed by atoms with Crippen molar-refractivity contribution < 1.29 is 13.2 Å². The van der Waals surface area contributed by atoms with Gasteiger partial charge in [0, 0.05) is 4.90 Å². The molecule has 16 heavy (non-hydrogen) atoms. The Kier molecular flexibility index (Phi) is 5.15. The van der Waals surface area contributed by atoms with Crippen LogP contribution in [0.3, 0.4) is 0 Å². The van der Waals surface area contributed by atoms with Crippen molar-refractivity contribution in [3.05, 3.63) is 29.8 Å². The quantitative estimate of drug-likeness (QED) is 0.634.